The Morgan fingerprint density at radius 3 is 1.95 bits per heavy atom. The van der Waals surface area contributed by atoms with Crippen molar-refractivity contribution in [2.45, 2.75) is 129 Å². The average molecular weight is 1150 g/mol. The number of rotatable bonds is 21. The standard InChI is InChI=1S/C50H68N8O19S2/c51-15-30-39(64)41(66)36(55)48(72-30)75-44-27(54)14-26(53)38(63)46(44)77-50-43(68)45(76-49-37(56)42(67)40(65)31(16-52)73-49)32(74-50)17-79-10-8-57-33(61)7-9-78-18-34(62)58-19-1-4-22(25(11-19)47(69)70)35-23-5-2-20(59)12-28(23)71-29-13-21(60)3-6-24(29)35/h1-6,11-13,26-27,30-32,36-46,48-50,59,63-68H,7-10,14-18,51-56H2,(H,57,61)(H,58,62)(H,69,70)/t26-,27+,30-,31?,32-,36-,37-,38+,39-,40-,41-,42-,43-,44-,45-,46-,48-,49-,50+/m1/s1. The number of aliphatic hydroxyl groups excluding tert-OH is 6. The summed E-state index contributed by atoms with van der Waals surface area (Å²) in [6.45, 7) is -0.222. The van der Waals surface area contributed by atoms with E-state index in [1.54, 1.807) is 12.1 Å². The molecule has 19 atom stereocenters. The number of phenolic OH excluding ortho intramolecular Hbond substituents is 1. The summed E-state index contributed by atoms with van der Waals surface area (Å²) in [7, 11) is 0. The Labute approximate surface area is 459 Å². The number of amides is 2. The van der Waals surface area contributed by atoms with E-state index in [0.29, 0.717) is 22.3 Å². The minimum absolute atomic E-state index is 0.0420. The zero-order chi connectivity index (χ0) is 57.0. The van der Waals surface area contributed by atoms with Gasteiger partial charge in [0.1, 0.15) is 78.1 Å². The molecule has 4 aliphatic heterocycles. The molecule has 0 spiro atoms. The van der Waals surface area contributed by atoms with E-state index in [0.717, 1.165) is 0 Å². The Morgan fingerprint density at radius 1 is 0.658 bits per heavy atom. The molecular formula is C50H68N8O19S2. The van der Waals surface area contributed by atoms with Gasteiger partial charge in [0.05, 0.1) is 35.6 Å². The smallest absolute Gasteiger partial charge is 0.336 e. The van der Waals surface area contributed by atoms with Crippen LogP contribution in [0, 0.1) is 0 Å². The fraction of sp³-hybridized carbons (Fsp3) is 0.560. The Morgan fingerprint density at radius 2 is 1.29 bits per heavy atom. The van der Waals surface area contributed by atoms with Crippen LogP contribution in [0.3, 0.4) is 0 Å². The van der Waals surface area contributed by atoms with Crippen LogP contribution in [-0.4, -0.2) is 218 Å². The fourth-order valence-corrected chi connectivity index (χ4v) is 11.6. The molecule has 1 saturated carbocycles. The first kappa shape index (κ1) is 60.4. The lowest BCUT2D eigenvalue weighted by atomic mass is 9.84. The number of anilines is 1. The van der Waals surface area contributed by atoms with Crippen LogP contribution in [0.2, 0.25) is 0 Å². The summed E-state index contributed by atoms with van der Waals surface area (Å²) in [6, 6.07) is 8.47. The Hall–Kier alpha value is -4.68. The summed E-state index contributed by atoms with van der Waals surface area (Å²) >= 11 is 2.47. The third-order valence-electron chi connectivity index (χ3n) is 14.2. The second-order valence-electron chi connectivity index (χ2n) is 19.7. The van der Waals surface area contributed by atoms with Gasteiger partial charge in [-0.3, -0.25) is 14.4 Å². The summed E-state index contributed by atoms with van der Waals surface area (Å²) in [6.07, 6.45) is -20.3. The van der Waals surface area contributed by atoms with Gasteiger partial charge in [-0.05, 0) is 48.4 Å². The number of carbonyl (C=O) groups excluding carboxylic acids is 2. The van der Waals surface area contributed by atoms with E-state index in [1.807, 2.05) is 0 Å². The number of nitrogens with one attached hydrogen (secondary N) is 2. The number of hydrogen-bond acceptors (Lipinski definition) is 26. The minimum atomic E-state index is -1.63. The van der Waals surface area contributed by atoms with Crippen LogP contribution >= 0.6 is 23.5 Å². The van der Waals surface area contributed by atoms with Crippen LogP contribution in [0.25, 0.3) is 33.4 Å². The topological polar surface area (TPSA) is 479 Å². The molecule has 4 fully saturated rings. The van der Waals surface area contributed by atoms with Crippen molar-refractivity contribution in [3.8, 4) is 28.2 Å². The average Bonchev–Trinajstić information content (AvgIpc) is 3.75. The number of ether oxygens (including phenoxy) is 6. The highest BCUT2D eigenvalue weighted by molar-refractivity contribution is 8.00. The Bertz CT molecular complexity index is 2790. The number of benzene rings is 3. The summed E-state index contributed by atoms with van der Waals surface area (Å²) < 4.78 is 42.3. The van der Waals surface area contributed by atoms with Crippen LogP contribution in [0.15, 0.2) is 63.8 Å². The third kappa shape index (κ3) is 13.6. The van der Waals surface area contributed by atoms with Crippen molar-refractivity contribution in [1.29, 1.82) is 0 Å². The normalized spacial score (nSPS) is 33.9. The highest BCUT2D eigenvalue weighted by atomic mass is 32.2. The number of carboxylic acids is 1. The van der Waals surface area contributed by atoms with E-state index in [4.69, 9.17) is 67.2 Å². The summed E-state index contributed by atoms with van der Waals surface area (Å²) in [5.41, 5.74) is 37.8. The van der Waals surface area contributed by atoms with E-state index in [1.165, 1.54) is 66.0 Å². The van der Waals surface area contributed by atoms with Gasteiger partial charge >= 0.3 is 5.97 Å². The third-order valence-corrected chi connectivity index (χ3v) is 16.2. The van der Waals surface area contributed by atoms with Gasteiger partial charge in [-0.15, -0.1) is 0 Å². The zero-order valence-electron chi connectivity index (χ0n) is 42.4. The van der Waals surface area contributed by atoms with Gasteiger partial charge in [-0.2, -0.15) is 23.5 Å². The van der Waals surface area contributed by atoms with Gasteiger partial charge < -0.3 is 119 Å². The lowest BCUT2D eigenvalue weighted by molar-refractivity contribution is -0.306. The molecule has 2 aliphatic carbocycles. The van der Waals surface area contributed by atoms with Gasteiger partial charge in [0, 0.05) is 89.7 Å². The SMILES string of the molecule is NCC1O[C@H](O[C@H]2[C@@H](O)[C@H](O[C@@H]3[C@@H](O)[C@H](N)C[C@H](N)[C@H]3O[C@H]3O[C@H](CN)[C@@H](O)[C@H](O)[C@H]3N)O[C@@H]2CSCCNC(=O)CCSCC(=O)Nc2ccc(-c3c4ccc(=O)cc-4oc4cc(O)ccc34)c(C(=O)O)c2)[C@H](N)[C@@H](O)[C@@H]1O. The summed E-state index contributed by atoms with van der Waals surface area (Å²) in [5.74, 6) is -1.31. The first-order chi connectivity index (χ1) is 37.7. The number of fused-ring (bicyclic) bond motifs is 2. The number of thioether (sulfide) groups is 2. The molecule has 8 rings (SSSR count). The van der Waals surface area contributed by atoms with Gasteiger partial charge in [-0.1, -0.05) is 6.07 Å². The number of aromatic hydroxyl groups is 1. The predicted octanol–water partition coefficient (Wildman–Crippen LogP) is -3.99. The minimum Gasteiger partial charge on any atom is -0.508 e. The van der Waals surface area contributed by atoms with E-state index in [9.17, 15) is 60.0 Å². The number of aromatic carboxylic acids is 1. The maximum Gasteiger partial charge on any atom is 0.336 e. The largest absolute Gasteiger partial charge is 0.508 e. The second kappa shape index (κ2) is 26.5. The van der Waals surface area contributed by atoms with Gasteiger partial charge in [0.15, 0.2) is 24.3 Å². The highest BCUT2D eigenvalue weighted by Gasteiger charge is 2.54. The number of carbonyl (C=O) groups is 3. The molecule has 1 unspecified atom stereocenters. The maximum atomic E-state index is 13.0. The number of aliphatic hydroxyl groups is 6. The van der Waals surface area contributed by atoms with E-state index >= 15 is 0 Å². The first-order valence-corrected chi connectivity index (χ1v) is 27.7. The monoisotopic (exact) mass is 1150 g/mol. The molecule has 6 aliphatic rings. The number of nitrogens with two attached hydrogens (primary N) is 6. The van der Waals surface area contributed by atoms with E-state index < -0.39 is 128 Å². The Kier molecular flexibility index (Phi) is 20.3. The van der Waals surface area contributed by atoms with Crippen molar-refractivity contribution in [2.75, 3.05) is 48.0 Å². The van der Waals surface area contributed by atoms with Crippen LogP contribution in [0.5, 0.6) is 5.75 Å². The van der Waals surface area contributed by atoms with Crippen molar-refractivity contribution in [1.82, 2.24) is 5.32 Å². The van der Waals surface area contributed by atoms with Crippen LogP contribution < -0.4 is 50.5 Å². The Balaban J connectivity index is 0.843. The van der Waals surface area contributed by atoms with Gasteiger partial charge in [0.25, 0.3) is 0 Å². The summed E-state index contributed by atoms with van der Waals surface area (Å²) in [4.78, 5) is 50.7. The molecule has 0 bridgehead atoms. The molecule has 0 radical (unpaired) electrons. The molecule has 27 nitrogen and oxygen atoms in total. The quantitative estimate of drug-likeness (QED) is 0.0279. The van der Waals surface area contributed by atoms with Gasteiger partial charge in [0.2, 0.25) is 11.8 Å². The molecule has 4 heterocycles. The molecule has 29 heteroatoms. The van der Waals surface area contributed by atoms with Crippen LogP contribution in [0.4, 0.5) is 5.69 Å². The van der Waals surface area contributed by atoms with Crippen molar-refractivity contribution in [3.05, 3.63) is 70.4 Å². The first-order valence-electron chi connectivity index (χ1n) is 25.4. The van der Waals surface area contributed by atoms with Crippen LogP contribution in [0.1, 0.15) is 23.2 Å². The number of hydrogen-bond donors (Lipinski definition) is 16. The van der Waals surface area contributed by atoms with Crippen molar-refractivity contribution >= 4 is 58.0 Å². The maximum absolute atomic E-state index is 13.0. The lowest BCUT2D eigenvalue weighted by Crippen LogP contribution is -2.68. The van der Waals surface area contributed by atoms with Crippen LogP contribution in [-0.2, 0) is 38.0 Å². The molecular weight excluding hydrogens is 1080 g/mol. The molecule has 434 valence electrons. The van der Waals surface area contributed by atoms with Crippen molar-refractivity contribution in [3.63, 3.8) is 0 Å². The molecule has 22 N–H and O–H groups in total. The van der Waals surface area contributed by atoms with E-state index in [2.05, 4.69) is 10.6 Å². The number of carboxylic acid groups (broad SMARTS) is 1. The van der Waals surface area contributed by atoms with E-state index in [-0.39, 0.29) is 95.0 Å². The summed E-state index contributed by atoms with van der Waals surface area (Å²) in [5, 5.41) is 91.8. The second-order valence-corrected chi connectivity index (χ2v) is 22.0. The fourth-order valence-electron chi connectivity index (χ4n) is 9.97. The predicted molar refractivity (Wildman–Crippen MR) is 285 cm³/mol. The molecule has 0 aromatic heterocycles. The van der Waals surface area contributed by atoms with Gasteiger partial charge in [-0.25, -0.2) is 4.79 Å². The molecule has 3 saturated heterocycles. The van der Waals surface area contributed by atoms with Crippen molar-refractivity contribution < 1.29 is 88.1 Å². The zero-order valence-corrected chi connectivity index (χ0v) is 44.0. The molecule has 79 heavy (non-hydrogen) atoms. The molecule has 2 amide bonds. The number of phenols is 1. The lowest BCUT2D eigenvalue weighted by Gasteiger charge is -2.47. The highest BCUT2D eigenvalue weighted by Crippen LogP contribution is 2.43. The molecule has 2 aromatic rings. The molecule has 2 aromatic carbocycles. The van der Waals surface area contributed by atoms with Crippen molar-refractivity contribution in [2.24, 2.45) is 34.4 Å².